The summed E-state index contributed by atoms with van der Waals surface area (Å²) in [7, 11) is 0. The molecule has 1 atom stereocenters. The molecule has 0 fully saturated rings. The van der Waals surface area contributed by atoms with Gasteiger partial charge in [0.25, 0.3) is 11.8 Å². The van der Waals surface area contributed by atoms with Crippen molar-refractivity contribution in [3.8, 4) is 0 Å². The van der Waals surface area contributed by atoms with Crippen LogP contribution in [0.3, 0.4) is 0 Å². The van der Waals surface area contributed by atoms with Gasteiger partial charge in [-0.2, -0.15) is 0 Å². The number of hydrogen-bond donors (Lipinski definition) is 2. The molecule has 3 rings (SSSR count). The van der Waals surface area contributed by atoms with E-state index in [1.54, 1.807) is 12.1 Å². The molecule has 1 unspecified atom stereocenters. The Balaban J connectivity index is 2.04. The first-order valence-electron chi connectivity index (χ1n) is 7.22. The second-order valence-corrected chi connectivity index (χ2v) is 5.36. The summed E-state index contributed by atoms with van der Waals surface area (Å²) in [4.78, 5) is 25.6. The fraction of sp³-hybridized carbons (Fsp3) is 0.111. The Morgan fingerprint density at radius 1 is 1.04 bits per heavy atom. The molecule has 2 amide bonds. The Bertz CT molecular complexity index is 769. The second-order valence-electron chi connectivity index (χ2n) is 5.36. The fourth-order valence-corrected chi connectivity index (χ4v) is 2.83. The Morgan fingerprint density at radius 2 is 1.61 bits per heavy atom. The summed E-state index contributed by atoms with van der Waals surface area (Å²) >= 11 is 0. The van der Waals surface area contributed by atoms with Crippen LogP contribution in [0.2, 0.25) is 0 Å². The largest absolute Gasteiger partial charge is 0.503 e. The number of rotatable bonds is 4. The number of carbonyl (C=O) groups excluding carboxylic acids is 2. The molecular formula is C18H16N2O3. The first-order chi connectivity index (χ1) is 11.1. The normalized spacial score (nSPS) is 17.7. The molecule has 0 spiro atoms. The zero-order valence-electron chi connectivity index (χ0n) is 12.3. The number of primary amides is 1. The lowest BCUT2D eigenvalue weighted by Gasteiger charge is -2.26. The smallest absolute Gasteiger partial charge is 0.290 e. The maximum atomic E-state index is 12.4. The van der Waals surface area contributed by atoms with Crippen molar-refractivity contribution in [2.75, 3.05) is 0 Å². The summed E-state index contributed by atoms with van der Waals surface area (Å²) in [5.74, 6) is -1.95. The molecule has 5 heteroatoms. The summed E-state index contributed by atoms with van der Waals surface area (Å²) in [5, 5.41) is 10.1. The Morgan fingerprint density at radius 3 is 2.17 bits per heavy atom. The molecule has 1 aliphatic heterocycles. The van der Waals surface area contributed by atoms with Crippen molar-refractivity contribution in [3.05, 3.63) is 83.1 Å². The zero-order valence-corrected chi connectivity index (χ0v) is 12.3. The van der Waals surface area contributed by atoms with E-state index in [4.69, 9.17) is 5.73 Å². The maximum Gasteiger partial charge on any atom is 0.290 e. The van der Waals surface area contributed by atoms with Gasteiger partial charge in [0, 0.05) is 6.54 Å². The predicted octanol–water partition coefficient (Wildman–Crippen LogP) is 2.07. The highest BCUT2D eigenvalue weighted by Gasteiger charge is 2.42. The van der Waals surface area contributed by atoms with Crippen LogP contribution in [0.4, 0.5) is 0 Å². The summed E-state index contributed by atoms with van der Waals surface area (Å²) < 4.78 is 0. The number of aliphatic hydroxyl groups is 1. The average Bonchev–Trinajstić information content (AvgIpc) is 2.82. The SMILES string of the molecule is NC(=O)C1=C(O)C(=O)N(Cc2ccccc2)C1c1ccccc1. The third-order valence-corrected chi connectivity index (χ3v) is 3.88. The van der Waals surface area contributed by atoms with Gasteiger partial charge in [0.1, 0.15) is 0 Å². The van der Waals surface area contributed by atoms with Crippen molar-refractivity contribution in [3.63, 3.8) is 0 Å². The highest BCUT2D eigenvalue weighted by Crippen LogP contribution is 2.37. The molecule has 2 aromatic rings. The lowest BCUT2D eigenvalue weighted by Crippen LogP contribution is -2.31. The van der Waals surface area contributed by atoms with Gasteiger partial charge in [-0.05, 0) is 11.1 Å². The van der Waals surface area contributed by atoms with Crippen molar-refractivity contribution in [1.82, 2.24) is 4.90 Å². The van der Waals surface area contributed by atoms with Gasteiger partial charge in [0.05, 0.1) is 11.6 Å². The predicted molar refractivity (Wildman–Crippen MR) is 85.0 cm³/mol. The molecule has 0 radical (unpaired) electrons. The van der Waals surface area contributed by atoms with E-state index in [9.17, 15) is 14.7 Å². The number of benzene rings is 2. The minimum atomic E-state index is -0.791. The number of hydrogen-bond acceptors (Lipinski definition) is 3. The average molecular weight is 308 g/mol. The molecule has 23 heavy (non-hydrogen) atoms. The van der Waals surface area contributed by atoms with Crippen LogP contribution in [0.15, 0.2) is 72.0 Å². The number of nitrogens with zero attached hydrogens (tertiary/aromatic N) is 1. The summed E-state index contributed by atoms with van der Waals surface area (Å²) in [5.41, 5.74) is 6.97. The minimum Gasteiger partial charge on any atom is -0.503 e. The van der Waals surface area contributed by atoms with Crippen molar-refractivity contribution < 1.29 is 14.7 Å². The first kappa shape index (κ1) is 14.8. The van der Waals surface area contributed by atoms with Crippen LogP contribution < -0.4 is 5.73 Å². The lowest BCUT2D eigenvalue weighted by molar-refractivity contribution is -0.130. The second kappa shape index (κ2) is 5.96. The molecule has 0 saturated heterocycles. The summed E-state index contributed by atoms with van der Waals surface area (Å²) in [6.45, 7) is 0.278. The minimum absolute atomic E-state index is 0.0582. The van der Waals surface area contributed by atoms with Gasteiger partial charge in [-0.25, -0.2) is 0 Å². The molecule has 2 aromatic carbocycles. The standard InChI is InChI=1S/C18H16N2O3/c19-17(22)14-15(13-9-5-2-6-10-13)20(18(23)16(14)21)11-12-7-3-1-4-8-12/h1-10,15,21H,11H2,(H2,19,22). The monoisotopic (exact) mass is 308 g/mol. The summed E-state index contributed by atoms with van der Waals surface area (Å²) in [6, 6.07) is 17.8. The van der Waals surface area contributed by atoms with Gasteiger partial charge in [0.2, 0.25) is 0 Å². The van der Waals surface area contributed by atoms with Crippen molar-refractivity contribution in [2.24, 2.45) is 5.73 Å². The van der Waals surface area contributed by atoms with Crippen molar-refractivity contribution in [2.45, 2.75) is 12.6 Å². The quantitative estimate of drug-likeness (QED) is 0.907. The molecule has 116 valence electrons. The van der Waals surface area contributed by atoms with Gasteiger partial charge in [-0.1, -0.05) is 60.7 Å². The van der Waals surface area contributed by atoms with Gasteiger partial charge in [0.15, 0.2) is 5.76 Å². The number of aliphatic hydroxyl groups excluding tert-OH is 1. The van der Waals surface area contributed by atoms with Crippen LogP contribution in [0.1, 0.15) is 17.2 Å². The molecule has 0 aliphatic carbocycles. The van der Waals surface area contributed by atoms with Gasteiger partial charge < -0.3 is 15.7 Å². The van der Waals surface area contributed by atoms with Gasteiger partial charge in [-0.15, -0.1) is 0 Å². The van der Waals surface area contributed by atoms with Crippen LogP contribution in [-0.4, -0.2) is 21.8 Å². The van der Waals surface area contributed by atoms with E-state index in [0.29, 0.717) is 0 Å². The highest BCUT2D eigenvalue weighted by molar-refractivity contribution is 6.07. The van der Waals surface area contributed by atoms with Crippen LogP contribution in [0.25, 0.3) is 0 Å². The molecular weight excluding hydrogens is 292 g/mol. The topological polar surface area (TPSA) is 83.6 Å². The third-order valence-electron chi connectivity index (χ3n) is 3.88. The Kier molecular flexibility index (Phi) is 3.85. The van der Waals surface area contributed by atoms with E-state index >= 15 is 0 Å². The van der Waals surface area contributed by atoms with Crippen LogP contribution in [0, 0.1) is 0 Å². The molecule has 3 N–H and O–H groups in total. The molecule has 1 heterocycles. The van der Waals surface area contributed by atoms with Crippen LogP contribution in [-0.2, 0) is 16.1 Å². The highest BCUT2D eigenvalue weighted by atomic mass is 16.3. The van der Waals surface area contributed by atoms with Crippen LogP contribution in [0.5, 0.6) is 0 Å². The number of nitrogens with two attached hydrogens (primary N) is 1. The molecule has 0 bridgehead atoms. The van der Waals surface area contributed by atoms with E-state index < -0.39 is 23.6 Å². The van der Waals surface area contributed by atoms with E-state index in [2.05, 4.69) is 0 Å². The van der Waals surface area contributed by atoms with E-state index in [0.717, 1.165) is 11.1 Å². The van der Waals surface area contributed by atoms with Crippen molar-refractivity contribution in [1.29, 1.82) is 0 Å². The van der Waals surface area contributed by atoms with E-state index in [1.807, 2.05) is 48.5 Å². The summed E-state index contributed by atoms with van der Waals surface area (Å²) in [6.07, 6.45) is 0. The van der Waals surface area contributed by atoms with E-state index in [1.165, 1.54) is 4.90 Å². The van der Waals surface area contributed by atoms with Crippen LogP contribution >= 0.6 is 0 Å². The Labute approximate surface area is 133 Å². The molecule has 5 nitrogen and oxygen atoms in total. The van der Waals surface area contributed by atoms with Gasteiger partial charge in [-0.3, -0.25) is 9.59 Å². The van der Waals surface area contributed by atoms with E-state index in [-0.39, 0.29) is 12.1 Å². The zero-order chi connectivity index (χ0) is 16.4. The fourth-order valence-electron chi connectivity index (χ4n) is 2.83. The van der Waals surface area contributed by atoms with Gasteiger partial charge >= 0.3 is 0 Å². The first-order valence-corrected chi connectivity index (χ1v) is 7.22. The molecule has 1 aliphatic rings. The Hall–Kier alpha value is -3.08. The third kappa shape index (κ3) is 2.68. The lowest BCUT2D eigenvalue weighted by atomic mass is 9.98. The molecule has 0 aromatic heterocycles. The number of amides is 2. The molecule has 0 saturated carbocycles. The number of carbonyl (C=O) groups is 2. The maximum absolute atomic E-state index is 12.4. The van der Waals surface area contributed by atoms with Crippen molar-refractivity contribution >= 4 is 11.8 Å².